The van der Waals surface area contributed by atoms with E-state index in [4.69, 9.17) is 25.8 Å². The minimum absolute atomic E-state index is 0.321. The first-order valence-electron chi connectivity index (χ1n) is 9.44. The van der Waals surface area contributed by atoms with Gasteiger partial charge in [0, 0.05) is 28.0 Å². The Bertz CT molecular complexity index is 1070. The number of urea groups is 1. The minimum Gasteiger partial charge on any atom is -0.496 e. The van der Waals surface area contributed by atoms with E-state index in [1.807, 2.05) is 13.0 Å². The fraction of sp³-hybridized carbons (Fsp3) is 0.273. The van der Waals surface area contributed by atoms with E-state index < -0.39 is 18.0 Å². The highest BCUT2D eigenvalue weighted by Gasteiger charge is 2.34. The van der Waals surface area contributed by atoms with E-state index in [0.717, 1.165) is 5.56 Å². The van der Waals surface area contributed by atoms with Crippen molar-refractivity contribution >= 4 is 29.2 Å². The Kier molecular flexibility index (Phi) is 6.60. The van der Waals surface area contributed by atoms with Gasteiger partial charge in [-0.2, -0.15) is 0 Å². The Morgan fingerprint density at radius 2 is 1.65 bits per heavy atom. The van der Waals surface area contributed by atoms with E-state index in [2.05, 4.69) is 16.0 Å². The van der Waals surface area contributed by atoms with E-state index in [-0.39, 0.29) is 0 Å². The van der Waals surface area contributed by atoms with Crippen LogP contribution in [0.25, 0.3) is 0 Å². The van der Waals surface area contributed by atoms with E-state index in [9.17, 15) is 9.59 Å². The molecule has 0 saturated heterocycles. The van der Waals surface area contributed by atoms with Crippen molar-refractivity contribution in [2.24, 2.45) is 0 Å². The number of anilines is 1. The van der Waals surface area contributed by atoms with Crippen LogP contribution in [0.1, 0.15) is 24.1 Å². The van der Waals surface area contributed by atoms with Crippen molar-refractivity contribution in [3.05, 3.63) is 57.8 Å². The predicted octanol–water partition coefficient (Wildman–Crippen LogP) is 3.94. The van der Waals surface area contributed by atoms with Crippen LogP contribution < -0.4 is 30.2 Å². The maximum absolute atomic E-state index is 13.2. The summed E-state index contributed by atoms with van der Waals surface area (Å²) in [6, 6.07) is 7.35. The van der Waals surface area contributed by atoms with Gasteiger partial charge in [0.15, 0.2) is 11.5 Å². The van der Waals surface area contributed by atoms with E-state index in [1.165, 1.54) is 21.3 Å². The maximum atomic E-state index is 13.2. The number of nitrogens with one attached hydrogen (secondary N) is 3. The fourth-order valence-corrected chi connectivity index (χ4v) is 3.56. The summed E-state index contributed by atoms with van der Waals surface area (Å²) in [7, 11) is 4.52. The zero-order valence-electron chi connectivity index (χ0n) is 17.9. The number of carbonyl (C=O) groups excluding carboxylic acids is 2. The van der Waals surface area contributed by atoms with Gasteiger partial charge in [0.2, 0.25) is 0 Å². The second kappa shape index (κ2) is 9.18. The second-order valence-corrected chi connectivity index (χ2v) is 7.34. The molecule has 0 saturated carbocycles. The number of halogens is 1. The third kappa shape index (κ3) is 4.54. The van der Waals surface area contributed by atoms with Gasteiger partial charge in [-0.25, -0.2) is 4.79 Å². The molecule has 31 heavy (non-hydrogen) atoms. The molecule has 2 aromatic carbocycles. The lowest BCUT2D eigenvalue weighted by molar-refractivity contribution is -0.113. The van der Waals surface area contributed by atoms with Crippen LogP contribution in [0.2, 0.25) is 5.02 Å². The van der Waals surface area contributed by atoms with Gasteiger partial charge in [-0.3, -0.25) is 4.79 Å². The topological polar surface area (TPSA) is 97.9 Å². The van der Waals surface area contributed by atoms with Crippen LogP contribution in [0.15, 0.2) is 41.6 Å². The molecule has 0 bridgehead atoms. The highest BCUT2D eigenvalue weighted by Crippen LogP contribution is 2.40. The molecule has 1 atom stereocenters. The minimum atomic E-state index is -0.788. The molecule has 3 rings (SSSR count). The Morgan fingerprint density at radius 3 is 2.26 bits per heavy atom. The van der Waals surface area contributed by atoms with E-state index in [0.29, 0.717) is 44.8 Å². The lowest BCUT2D eigenvalue weighted by Crippen LogP contribution is -2.46. The third-order valence-electron chi connectivity index (χ3n) is 4.99. The monoisotopic (exact) mass is 445 g/mol. The van der Waals surface area contributed by atoms with Gasteiger partial charge < -0.3 is 30.2 Å². The summed E-state index contributed by atoms with van der Waals surface area (Å²) in [6.07, 6.45) is 0. The third-order valence-corrected chi connectivity index (χ3v) is 5.40. The zero-order chi connectivity index (χ0) is 22.7. The molecular weight excluding hydrogens is 422 g/mol. The highest BCUT2D eigenvalue weighted by molar-refractivity contribution is 6.31. The quantitative estimate of drug-likeness (QED) is 0.625. The van der Waals surface area contributed by atoms with Crippen molar-refractivity contribution in [2.75, 3.05) is 26.6 Å². The zero-order valence-corrected chi connectivity index (χ0v) is 18.6. The number of benzene rings is 2. The number of ether oxygens (including phenoxy) is 3. The number of aryl methyl sites for hydroxylation is 1. The molecule has 1 unspecified atom stereocenters. The fourth-order valence-electron chi connectivity index (χ4n) is 3.38. The van der Waals surface area contributed by atoms with E-state index in [1.54, 1.807) is 31.2 Å². The Labute approximate surface area is 185 Å². The number of carbonyl (C=O) groups is 2. The Balaban J connectivity index is 2.06. The number of amides is 3. The van der Waals surface area contributed by atoms with Crippen LogP contribution >= 0.6 is 11.6 Å². The maximum Gasteiger partial charge on any atom is 0.319 e. The highest BCUT2D eigenvalue weighted by atomic mass is 35.5. The largest absolute Gasteiger partial charge is 0.496 e. The molecule has 1 aliphatic heterocycles. The van der Waals surface area contributed by atoms with Crippen molar-refractivity contribution in [3.63, 3.8) is 0 Å². The molecule has 0 aromatic heterocycles. The van der Waals surface area contributed by atoms with Crippen LogP contribution in [0.5, 0.6) is 17.2 Å². The van der Waals surface area contributed by atoms with Crippen LogP contribution in [0, 0.1) is 6.92 Å². The summed E-state index contributed by atoms with van der Waals surface area (Å²) in [5.41, 5.74) is 2.72. The smallest absolute Gasteiger partial charge is 0.319 e. The number of allylic oxidation sites excluding steroid dienone is 1. The standard InChI is InChI=1S/C22H24ClN3O5/c1-11-6-7-13(8-15(11)23)25-21(27)19-12(2)24-22(28)26-20(19)14-9-17(30-4)18(31-5)10-16(14)29-3/h6-10,20H,1-5H3,(H,25,27)(H2,24,26,28). The summed E-state index contributed by atoms with van der Waals surface area (Å²) in [5, 5.41) is 8.83. The van der Waals surface area contributed by atoms with Crippen molar-refractivity contribution < 1.29 is 23.8 Å². The molecule has 0 radical (unpaired) electrons. The first kappa shape index (κ1) is 22.3. The molecule has 1 heterocycles. The lowest BCUT2D eigenvalue weighted by atomic mass is 9.93. The normalized spacial score (nSPS) is 15.7. The molecule has 1 aliphatic rings. The first-order chi connectivity index (χ1) is 14.8. The van der Waals surface area contributed by atoms with Crippen molar-refractivity contribution in [1.82, 2.24) is 10.6 Å². The summed E-state index contributed by atoms with van der Waals surface area (Å²) >= 11 is 6.18. The van der Waals surface area contributed by atoms with Crippen molar-refractivity contribution in [2.45, 2.75) is 19.9 Å². The van der Waals surface area contributed by atoms with Crippen LogP contribution in [0.3, 0.4) is 0 Å². The molecule has 0 spiro atoms. The average Bonchev–Trinajstić information content (AvgIpc) is 2.74. The summed E-state index contributed by atoms with van der Waals surface area (Å²) in [5.74, 6) is 0.936. The predicted molar refractivity (Wildman–Crippen MR) is 118 cm³/mol. The molecule has 0 aliphatic carbocycles. The number of hydrogen-bond donors (Lipinski definition) is 3. The lowest BCUT2D eigenvalue weighted by Gasteiger charge is -2.30. The molecule has 3 N–H and O–H groups in total. The molecule has 8 nitrogen and oxygen atoms in total. The van der Waals surface area contributed by atoms with Gasteiger partial charge in [0.1, 0.15) is 5.75 Å². The summed E-state index contributed by atoms with van der Waals surface area (Å²) < 4.78 is 16.2. The second-order valence-electron chi connectivity index (χ2n) is 6.94. The summed E-state index contributed by atoms with van der Waals surface area (Å²) in [6.45, 7) is 3.54. The Hall–Kier alpha value is -3.39. The average molecular weight is 446 g/mol. The van der Waals surface area contributed by atoms with Crippen LogP contribution in [0.4, 0.5) is 10.5 Å². The Morgan fingerprint density at radius 1 is 1.00 bits per heavy atom. The molecule has 3 amide bonds. The molecule has 164 valence electrons. The number of hydrogen-bond acceptors (Lipinski definition) is 5. The van der Waals surface area contributed by atoms with E-state index >= 15 is 0 Å². The first-order valence-corrected chi connectivity index (χ1v) is 9.82. The van der Waals surface area contributed by atoms with Gasteiger partial charge in [0.25, 0.3) is 5.91 Å². The number of methoxy groups -OCH3 is 3. The molecule has 9 heteroatoms. The van der Waals surface area contributed by atoms with Gasteiger partial charge in [-0.15, -0.1) is 0 Å². The van der Waals surface area contributed by atoms with Gasteiger partial charge in [-0.05, 0) is 37.6 Å². The molecule has 0 fully saturated rings. The molecular formula is C22H24ClN3O5. The van der Waals surface area contributed by atoms with Crippen molar-refractivity contribution in [3.8, 4) is 17.2 Å². The van der Waals surface area contributed by atoms with Gasteiger partial charge in [0.05, 0.1) is 32.9 Å². The van der Waals surface area contributed by atoms with Gasteiger partial charge in [-0.1, -0.05) is 17.7 Å². The molecule has 2 aromatic rings. The van der Waals surface area contributed by atoms with Crippen LogP contribution in [-0.4, -0.2) is 33.3 Å². The summed E-state index contributed by atoms with van der Waals surface area (Å²) in [4.78, 5) is 25.5. The van der Waals surface area contributed by atoms with Crippen molar-refractivity contribution in [1.29, 1.82) is 0 Å². The van der Waals surface area contributed by atoms with Crippen LogP contribution in [-0.2, 0) is 4.79 Å². The van der Waals surface area contributed by atoms with Gasteiger partial charge >= 0.3 is 6.03 Å². The number of rotatable bonds is 6. The SMILES string of the molecule is COc1cc(OC)c(C2NC(=O)NC(C)=C2C(=O)Nc2ccc(C)c(Cl)c2)cc1OC.